The third-order valence-corrected chi connectivity index (χ3v) is 1.63. The number of nitrogens with two attached hydrogens (primary N) is 1. The van der Waals surface area contributed by atoms with Crippen molar-refractivity contribution < 1.29 is 0 Å². The second-order valence-electron chi connectivity index (χ2n) is 2.62. The van der Waals surface area contributed by atoms with Crippen molar-refractivity contribution in [3.63, 3.8) is 0 Å². The maximum Gasteiger partial charge on any atom is 0.0534 e. The van der Waals surface area contributed by atoms with Crippen LogP contribution in [0.1, 0.15) is 18.4 Å². The lowest BCUT2D eigenvalue weighted by Gasteiger charge is -1.96. The first-order valence-electron chi connectivity index (χ1n) is 4.01. The first-order valence-corrected chi connectivity index (χ1v) is 4.01. The number of hydrogen-bond acceptors (Lipinski definition) is 2. The summed E-state index contributed by atoms with van der Waals surface area (Å²) >= 11 is 0. The van der Waals surface area contributed by atoms with Gasteiger partial charge in [0.05, 0.1) is 6.20 Å². The van der Waals surface area contributed by atoms with Gasteiger partial charge in [0, 0.05) is 31.3 Å². The minimum atomic E-state index is 0.551. The topological polar surface area (TPSA) is 43.8 Å². The van der Waals surface area contributed by atoms with Gasteiger partial charge in [-0.25, -0.2) is 0 Å². The highest BCUT2D eigenvalue weighted by Gasteiger charge is 1.94. The van der Waals surface area contributed by atoms with Crippen molar-refractivity contribution in [2.75, 3.05) is 0 Å². The quantitative estimate of drug-likeness (QED) is 0.526. The van der Waals surface area contributed by atoms with Gasteiger partial charge >= 0.3 is 0 Å². The molecule has 0 radical (unpaired) electrons. The van der Waals surface area contributed by atoms with Crippen molar-refractivity contribution in [3.8, 4) is 12.3 Å². The Balaban J connectivity index is 2.37. The van der Waals surface area contributed by atoms with Crippen LogP contribution in [0.5, 0.6) is 0 Å². The lowest BCUT2D eigenvalue weighted by Crippen LogP contribution is -1.98. The minimum Gasteiger partial charge on any atom is -0.326 e. The van der Waals surface area contributed by atoms with Gasteiger partial charge < -0.3 is 5.73 Å². The Kier molecular flexibility index (Phi) is 3.36. The molecule has 0 aromatic carbocycles. The second-order valence-corrected chi connectivity index (χ2v) is 2.62. The maximum atomic E-state index is 5.43. The molecule has 0 saturated heterocycles. The molecule has 3 nitrogen and oxygen atoms in total. The Bertz CT molecular complexity index is 270. The molecular weight excluding hydrogens is 150 g/mol. The van der Waals surface area contributed by atoms with E-state index in [-0.39, 0.29) is 0 Å². The molecule has 3 heteroatoms. The molecule has 0 amide bonds. The van der Waals surface area contributed by atoms with Gasteiger partial charge in [0.1, 0.15) is 0 Å². The SMILES string of the molecule is C#CCCCn1cc(CN)cn1. The van der Waals surface area contributed by atoms with Crippen LogP contribution in [0.25, 0.3) is 0 Å². The zero-order valence-corrected chi connectivity index (χ0v) is 7.03. The summed E-state index contributed by atoms with van der Waals surface area (Å²) in [5.41, 5.74) is 6.50. The monoisotopic (exact) mass is 163 g/mol. The van der Waals surface area contributed by atoms with E-state index in [1.165, 1.54) is 0 Å². The van der Waals surface area contributed by atoms with Crippen LogP contribution in [0.2, 0.25) is 0 Å². The van der Waals surface area contributed by atoms with Gasteiger partial charge in [-0.1, -0.05) is 0 Å². The van der Waals surface area contributed by atoms with Crippen LogP contribution < -0.4 is 5.73 Å². The van der Waals surface area contributed by atoms with Crippen LogP contribution in [0.3, 0.4) is 0 Å². The number of nitrogens with zero attached hydrogens (tertiary/aromatic N) is 2. The fourth-order valence-corrected chi connectivity index (χ4v) is 0.977. The molecule has 1 aromatic rings. The highest BCUT2D eigenvalue weighted by molar-refractivity contribution is 5.02. The number of aromatic nitrogens is 2. The summed E-state index contributed by atoms with van der Waals surface area (Å²) in [6, 6.07) is 0. The zero-order chi connectivity index (χ0) is 8.81. The summed E-state index contributed by atoms with van der Waals surface area (Å²) in [5, 5.41) is 4.13. The molecule has 0 saturated carbocycles. The lowest BCUT2D eigenvalue weighted by atomic mass is 10.3. The van der Waals surface area contributed by atoms with Gasteiger partial charge in [-0.3, -0.25) is 4.68 Å². The summed E-state index contributed by atoms with van der Waals surface area (Å²) < 4.78 is 1.87. The molecule has 0 aliphatic carbocycles. The van der Waals surface area contributed by atoms with E-state index < -0.39 is 0 Å². The van der Waals surface area contributed by atoms with Crippen LogP contribution in [-0.4, -0.2) is 9.78 Å². The Morgan fingerprint density at radius 1 is 1.67 bits per heavy atom. The lowest BCUT2D eigenvalue weighted by molar-refractivity contribution is 0.586. The van der Waals surface area contributed by atoms with E-state index in [4.69, 9.17) is 12.2 Å². The molecule has 0 bridgehead atoms. The van der Waals surface area contributed by atoms with E-state index in [1.807, 2.05) is 10.9 Å². The maximum absolute atomic E-state index is 5.43. The Hall–Kier alpha value is -1.27. The third kappa shape index (κ3) is 2.40. The fourth-order valence-electron chi connectivity index (χ4n) is 0.977. The average Bonchev–Trinajstić information content (AvgIpc) is 2.53. The average molecular weight is 163 g/mol. The molecule has 64 valence electrons. The Labute approximate surface area is 72.6 Å². The molecule has 2 N–H and O–H groups in total. The Morgan fingerprint density at radius 3 is 3.08 bits per heavy atom. The largest absolute Gasteiger partial charge is 0.326 e. The molecule has 12 heavy (non-hydrogen) atoms. The smallest absolute Gasteiger partial charge is 0.0534 e. The van der Waals surface area contributed by atoms with Gasteiger partial charge in [0.25, 0.3) is 0 Å². The summed E-state index contributed by atoms with van der Waals surface area (Å²) in [6.07, 6.45) is 10.6. The standard InChI is InChI=1S/C9H13N3/c1-2-3-4-5-12-8-9(6-10)7-11-12/h1,7-8H,3-6,10H2. The van der Waals surface area contributed by atoms with Gasteiger partial charge in [0.15, 0.2) is 0 Å². The minimum absolute atomic E-state index is 0.551. The van der Waals surface area contributed by atoms with Crippen molar-refractivity contribution in [2.24, 2.45) is 5.73 Å². The predicted molar refractivity (Wildman–Crippen MR) is 48.2 cm³/mol. The van der Waals surface area contributed by atoms with Gasteiger partial charge in [-0.05, 0) is 6.42 Å². The second kappa shape index (κ2) is 4.58. The fraction of sp³-hybridized carbons (Fsp3) is 0.444. The highest BCUT2D eigenvalue weighted by atomic mass is 15.3. The van der Waals surface area contributed by atoms with E-state index in [9.17, 15) is 0 Å². The summed E-state index contributed by atoms with van der Waals surface area (Å²) in [5.74, 6) is 2.59. The van der Waals surface area contributed by atoms with E-state index in [0.29, 0.717) is 6.54 Å². The first kappa shape index (κ1) is 8.82. The third-order valence-electron chi connectivity index (χ3n) is 1.63. The molecule has 0 aliphatic rings. The van der Waals surface area contributed by atoms with Crippen LogP contribution in [0.15, 0.2) is 12.4 Å². The van der Waals surface area contributed by atoms with Gasteiger partial charge in [-0.15, -0.1) is 12.3 Å². The highest BCUT2D eigenvalue weighted by Crippen LogP contribution is 1.98. The van der Waals surface area contributed by atoms with E-state index in [0.717, 1.165) is 24.9 Å². The van der Waals surface area contributed by atoms with Crippen molar-refractivity contribution in [1.29, 1.82) is 0 Å². The van der Waals surface area contributed by atoms with Gasteiger partial charge in [-0.2, -0.15) is 5.10 Å². The van der Waals surface area contributed by atoms with Gasteiger partial charge in [0.2, 0.25) is 0 Å². The Morgan fingerprint density at radius 2 is 2.50 bits per heavy atom. The van der Waals surface area contributed by atoms with Crippen molar-refractivity contribution in [1.82, 2.24) is 9.78 Å². The molecule has 0 fully saturated rings. The summed E-state index contributed by atoms with van der Waals surface area (Å²) in [4.78, 5) is 0. The van der Waals surface area contributed by atoms with Crippen LogP contribution in [-0.2, 0) is 13.1 Å². The molecule has 1 heterocycles. The number of hydrogen-bond donors (Lipinski definition) is 1. The number of unbranched alkanes of at least 4 members (excludes halogenated alkanes) is 1. The molecule has 1 rings (SSSR count). The predicted octanol–water partition coefficient (Wildman–Crippen LogP) is 0.755. The van der Waals surface area contributed by atoms with E-state index in [1.54, 1.807) is 6.20 Å². The molecule has 1 aromatic heterocycles. The number of rotatable bonds is 4. The van der Waals surface area contributed by atoms with Crippen LogP contribution in [0, 0.1) is 12.3 Å². The van der Waals surface area contributed by atoms with Crippen molar-refractivity contribution in [3.05, 3.63) is 18.0 Å². The van der Waals surface area contributed by atoms with Crippen LogP contribution in [0.4, 0.5) is 0 Å². The van der Waals surface area contributed by atoms with E-state index in [2.05, 4.69) is 11.0 Å². The molecule has 0 aliphatic heterocycles. The molecular formula is C9H13N3. The van der Waals surface area contributed by atoms with Crippen LogP contribution >= 0.6 is 0 Å². The normalized spacial score (nSPS) is 9.67. The summed E-state index contributed by atoms with van der Waals surface area (Å²) in [7, 11) is 0. The first-order chi connectivity index (χ1) is 5.86. The molecule has 0 atom stereocenters. The molecule has 0 spiro atoms. The number of terminal acetylenes is 1. The van der Waals surface area contributed by atoms with Crippen molar-refractivity contribution >= 4 is 0 Å². The van der Waals surface area contributed by atoms with Crippen molar-refractivity contribution in [2.45, 2.75) is 25.9 Å². The zero-order valence-electron chi connectivity index (χ0n) is 7.03. The summed E-state index contributed by atoms with van der Waals surface area (Å²) in [6.45, 7) is 1.43. The van der Waals surface area contributed by atoms with E-state index >= 15 is 0 Å². The number of aryl methyl sites for hydroxylation is 1. The molecule has 0 unspecified atom stereocenters.